The molecule has 0 spiro atoms. The molecule has 2 N–H and O–H groups in total. The molecule has 1 atom stereocenters. The fraction of sp³-hybridized carbons (Fsp3) is 0.800. The topological polar surface area (TPSA) is 85.2 Å². The molecule has 1 aliphatic carbocycles. The third-order valence-electron chi connectivity index (χ3n) is 4.67. The normalized spacial score (nSPS) is 25.8. The van der Waals surface area contributed by atoms with Crippen molar-refractivity contribution in [2.75, 3.05) is 6.54 Å². The smallest absolute Gasteiger partial charge is 0.232 e. The van der Waals surface area contributed by atoms with E-state index in [2.05, 4.69) is 10.1 Å². The molecule has 2 aliphatic rings. The van der Waals surface area contributed by atoms with E-state index in [1.54, 1.807) is 0 Å². The van der Waals surface area contributed by atoms with Gasteiger partial charge in [-0.1, -0.05) is 18.0 Å². The first-order valence-electron chi connectivity index (χ1n) is 7.73. The number of amides is 1. The molecule has 6 nitrogen and oxygen atoms in total. The summed E-state index contributed by atoms with van der Waals surface area (Å²) >= 11 is 0. The maximum absolute atomic E-state index is 12.1. The number of rotatable bonds is 2. The number of aromatic nitrogens is 2. The van der Waals surface area contributed by atoms with Gasteiger partial charge >= 0.3 is 0 Å². The van der Waals surface area contributed by atoms with Crippen LogP contribution in [0, 0.1) is 0 Å². The van der Waals surface area contributed by atoms with Gasteiger partial charge in [0.2, 0.25) is 11.8 Å². The number of likely N-dealkylation sites (tertiary alicyclic amines) is 1. The van der Waals surface area contributed by atoms with E-state index in [9.17, 15) is 4.79 Å². The molecule has 1 saturated heterocycles. The molecule has 6 heteroatoms. The quantitative estimate of drug-likeness (QED) is 0.900. The number of nitrogens with zero attached hydrogens (tertiary/aromatic N) is 3. The van der Waals surface area contributed by atoms with Crippen LogP contribution in [0.3, 0.4) is 0 Å². The molecule has 21 heavy (non-hydrogen) atoms. The second kappa shape index (κ2) is 4.80. The van der Waals surface area contributed by atoms with E-state index in [-0.39, 0.29) is 17.4 Å². The first-order valence-corrected chi connectivity index (χ1v) is 7.73. The van der Waals surface area contributed by atoms with Crippen LogP contribution in [0.4, 0.5) is 0 Å². The summed E-state index contributed by atoms with van der Waals surface area (Å²) < 4.78 is 5.42. The zero-order valence-electron chi connectivity index (χ0n) is 13.1. The van der Waals surface area contributed by atoms with Gasteiger partial charge in [-0.05, 0) is 33.6 Å². The van der Waals surface area contributed by atoms with Gasteiger partial charge in [-0.3, -0.25) is 4.79 Å². The van der Waals surface area contributed by atoms with E-state index in [1.807, 2.05) is 25.7 Å². The maximum Gasteiger partial charge on any atom is 0.232 e. The molecule has 1 amide bonds. The lowest BCUT2D eigenvalue weighted by atomic mass is 9.98. The number of carbonyl (C=O) groups is 1. The van der Waals surface area contributed by atoms with E-state index in [0.717, 1.165) is 25.7 Å². The Morgan fingerprint density at radius 3 is 2.57 bits per heavy atom. The van der Waals surface area contributed by atoms with E-state index in [0.29, 0.717) is 24.7 Å². The number of nitrogens with two attached hydrogens (primary N) is 1. The van der Waals surface area contributed by atoms with Gasteiger partial charge < -0.3 is 15.2 Å². The molecule has 1 aromatic rings. The monoisotopic (exact) mass is 292 g/mol. The van der Waals surface area contributed by atoms with E-state index < -0.39 is 5.54 Å². The molecule has 0 aromatic carbocycles. The number of hydrogen-bond donors (Lipinski definition) is 1. The van der Waals surface area contributed by atoms with Crippen LogP contribution in [0.5, 0.6) is 0 Å². The Morgan fingerprint density at radius 2 is 2.00 bits per heavy atom. The van der Waals surface area contributed by atoms with Gasteiger partial charge in [-0.2, -0.15) is 4.98 Å². The van der Waals surface area contributed by atoms with Crippen molar-refractivity contribution in [1.82, 2.24) is 15.0 Å². The molecular weight excluding hydrogens is 268 g/mol. The van der Waals surface area contributed by atoms with Crippen molar-refractivity contribution < 1.29 is 9.32 Å². The van der Waals surface area contributed by atoms with Crippen LogP contribution in [0.1, 0.15) is 70.5 Å². The Hall–Kier alpha value is -1.43. The van der Waals surface area contributed by atoms with Crippen molar-refractivity contribution in [3.63, 3.8) is 0 Å². The molecule has 1 saturated carbocycles. The molecule has 2 fully saturated rings. The first-order chi connectivity index (χ1) is 9.79. The number of carbonyl (C=O) groups excluding carboxylic acids is 1. The third-order valence-corrected chi connectivity index (χ3v) is 4.67. The highest BCUT2D eigenvalue weighted by atomic mass is 16.5. The number of hydrogen-bond acceptors (Lipinski definition) is 5. The highest BCUT2D eigenvalue weighted by Crippen LogP contribution is 2.37. The average Bonchev–Trinajstić information content (AvgIpc) is 3.05. The predicted octanol–water partition coefficient (Wildman–Crippen LogP) is 1.91. The highest BCUT2D eigenvalue weighted by Gasteiger charge is 2.41. The molecule has 0 radical (unpaired) electrons. The molecule has 1 aliphatic heterocycles. The second-order valence-corrected chi connectivity index (χ2v) is 7.40. The largest absolute Gasteiger partial charge is 0.339 e. The Kier molecular flexibility index (Phi) is 3.31. The van der Waals surface area contributed by atoms with E-state index >= 15 is 0 Å². The van der Waals surface area contributed by atoms with Gasteiger partial charge in [0.05, 0.1) is 11.5 Å². The van der Waals surface area contributed by atoms with Crippen LogP contribution in [-0.2, 0) is 10.3 Å². The minimum absolute atomic E-state index is 0.0111. The summed E-state index contributed by atoms with van der Waals surface area (Å²) in [6.07, 6.45) is 4.48. The lowest BCUT2D eigenvalue weighted by Gasteiger charge is -2.31. The van der Waals surface area contributed by atoms with Crippen LogP contribution in [0.15, 0.2) is 4.52 Å². The second-order valence-electron chi connectivity index (χ2n) is 7.40. The van der Waals surface area contributed by atoms with Gasteiger partial charge in [0, 0.05) is 18.5 Å². The van der Waals surface area contributed by atoms with Crippen LogP contribution in [-0.4, -0.2) is 33.0 Å². The fourth-order valence-corrected chi connectivity index (χ4v) is 3.35. The summed E-state index contributed by atoms with van der Waals surface area (Å²) in [4.78, 5) is 18.5. The van der Waals surface area contributed by atoms with Crippen molar-refractivity contribution in [1.29, 1.82) is 0 Å². The van der Waals surface area contributed by atoms with Crippen molar-refractivity contribution >= 4 is 5.91 Å². The van der Waals surface area contributed by atoms with Crippen molar-refractivity contribution in [3.05, 3.63) is 11.7 Å². The summed E-state index contributed by atoms with van der Waals surface area (Å²) in [5.41, 5.74) is 5.75. The average molecular weight is 292 g/mol. The lowest BCUT2D eigenvalue weighted by molar-refractivity contribution is -0.131. The molecule has 1 aromatic heterocycles. The Balaban J connectivity index is 1.77. The van der Waals surface area contributed by atoms with E-state index in [4.69, 9.17) is 10.3 Å². The minimum Gasteiger partial charge on any atom is -0.339 e. The van der Waals surface area contributed by atoms with Crippen LogP contribution in [0.25, 0.3) is 0 Å². The standard InChI is InChI=1S/C15H24N4O2/c1-14(2,3)19-9-10(8-11(19)20)12-17-13(18-21-12)15(16)6-4-5-7-15/h10H,4-9,16H2,1-3H3. The summed E-state index contributed by atoms with van der Waals surface area (Å²) in [6.45, 7) is 6.77. The summed E-state index contributed by atoms with van der Waals surface area (Å²) in [6, 6.07) is 0. The molecule has 3 rings (SSSR count). The SMILES string of the molecule is CC(C)(C)N1CC(c2nc(C3(N)CCCC3)no2)CC1=O. The summed E-state index contributed by atoms with van der Waals surface area (Å²) in [5.74, 6) is 1.30. The molecule has 116 valence electrons. The van der Waals surface area contributed by atoms with E-state index in [1.165, 1.54) is 0 Å². The predicted molar refractivity (Wildman–Crippen MR) is 77.5 cm³/mol. The maximum atomic E-state index is 12.1. The Labute approximate surface area is 125 Å². The molecular formula is C15H24N4O2. The van der Waals surface area contributed by atoms with Gasteiger partial charge in [-0.25, -0.2) is 0 Å². The van der Waals surface area contributed by atoms with Crippen LogP contribution >= 0.6 is 0 Å². The summed E-state index contributed by atoms with van der Waals surface area (Å²) in [7, 11) is 0. The Bertz CT molecular complexity index is 540. The fourth-order valence-electron chi connectivity index (χ4n) is 3.35. The van der Waals surface area contributed by atoms with Crippen molar-refractivity contribution in [2.24, 2.45) is 5.73 Å². The van der Waals surface area contributed by atoms with Gasteiger partial charge in [0.25, 0.3) is 0 Å². The summed E-state index contributed by atoms with van der Waals surface area (Å²) in [5, 5.41) is 4.09. The van der Waals surface area contributed by atoms with Crippen LogP contribution in [0.2, 0.25) is 0 Å². The molecule has 2 heterocycles. The van der Waals surface area contributed by atoms with Crippen LogP contribution < -0.4 is 5.73 Å². The van der Waals surface area contributed by atoms with Gasteiger partial charge in [0.1, 0.15) is 0 Å². The third kappa shape index (κ3) is 2.57. The zero-order valence-corrected chi connectivity index (χ0v) is 13.1. The first kappa shape index (κ1) is 14.5. The zero-order chi connectivity index (χ0) is 15.3. The van der Waals surface area contributed by atoms with Gasteiger partial charge in [-0.15, -0.1) is 0 Å². The molecule has 0 bridgehead atoms. The van der Waals surface area contributed by atoms with Gasteiger partial charge in [0.15, 0.2) is 5.82 Å². The molecule has 1 unspecified atom stereocenters. The van der Waals surface area contributed by atoms with Crippen molar-refractivity contribution in [3.8, 4) is 0 Å². The Morgan fingerprint density at radius 1 is 1.33 bits per heavy atom. The lowest BCUT2D eigenvalue weighted by Crippen LogP contribution is -2.42. The highest BCUT2D eigenvalue weighted by molar-refractivity contribution is 5.80. The van der Waals surface area contributed by atoms with Crippen molar-refractivity contribution in [2.45, 2.75) is 69.9 Å². The minimum atomic E-state index is -0.436.